The highest BCUT2D eigenvalue weighted by Crippen LogP contribution is 2.34. The minimum atomic E-state index is -0.141. The van der Waals surface area contributed by atoms with Crippen LogP contribution in [0.1, 0.15) is 23.6 Å². The molecule has 0 spiro atoms. The van der Waals surface area contributed by atoms with Gasteiger partial charge in [0.05, 0.1) is 26.3 Å². The fourth-order valence-corrected chi connectivity index (χ4v) is 2.05. The zero-order chi connectivity index (χ0) is 14.6. The van der Waals surface area contributed by atoms with Gasteiger partial charge in [-0.2, -0.15) is 5.26 Å². The molecule has 0 aromatic heterocycles. The number of nitriles is 1. The second-order valence-electron chi connectivity index (χ2n) is 4.74. The second kappa shape index (κ2) is 6.44. The topological polar surface area (TPSA) is 45.5 Å². The van der Waals surface area contributed by atoms with Crippen LogP contribution in [0.15, 0.2) is 6.07 Å². The van der Waals surface area contributed by atoms with E-state index < -0.39 is 0 Å². The highest BCUT2D eigenvalue weighted by Gasteiger charge is 2.17. The highest BCUT2D eigenvalue weighted by molar-refractivity contribution is 5.52. The van der Waals surface area contributed by atoms with Crippen LogP contribution in [0.4, 0.5) is 0 Å². The number of benzene rings is 1. The fraction of sp³-hybridized carbons (Fsp3) is 0.533. The first-order chi connectivity index (χ1) is 8.96. The zero-order valence-electron chi connectivity index (χ0n) is 12.6. The normalized spacial score (nSPS) is 12.1. The quantitative estimate of drug-likeness (QED) is 0.818. The van der Waals surface area contributed by atoms with Crippen LogP contribution in [-0.2, 0) is 6.54 Å². The molecule has 0 aliphatic carbocycles. The molecule has 0 aliphatic rings. The summed E-state index contributed by atoms with van der Waals surface area (Å²) in [5.41, 5.74) is 3.20. The third-order valence-electron chi connectivity index (χ3n) is 3.56. The molecule has 4 nitrogen and oxygen atoms in total. The molecule has 0 aliphatic heterocycles. The van der Waals surface area contributed by atoms with Gasteiger partial charge in [0.2, 0.25) is 0 Å². The van der Waals surface area contributed by atoms with Crippen LogP contribution in [0.5, 0.6) is 11.5 Å². The molecule has 0 heterocycles. The average molecular weight is 262 g/mol. The molecule has 1 rings (SSSR count). The van der Waals surface area contributed by atoms with E-state index >= 15 is 0 Å². The van der Waals surface area contributed by atoms with Crippen molar-refractivity contribution in [2.24, 2.45) is 0 Å². The number of ether oxygens (including phenoxy) is 2. The zero-order valence-corrected chi connectivity index (χ0v) is 12.6. The van der Waals surface area contributed by atoms with E-state index in [0.717, 1.165) is 28.2 Å². The van der Waals surface area contributed by atoms with E-state index in [-0.39, 0.29) is 6.04 Å². The van der Waals surface area contributed by atoms with Gasteiger partial charge in [0.25, 0.3) is 0 Å². The summed E-state index contributed by atoms with van der Waals surface area (Å²) in [6.07, 6.45) is 0. The van der Waals surface area contributed by atoms with E-state index in [4.69, 9.17) is 14.7 Å². The molecular weight excluding hydrogens is 240 g/mol. The Labute approximate surface area is 115 Å². The highest BCUT2D eigenvalue weighted by atomic mass is 16.5. The van der Waals surface area contributed by atoms with Crippen LogP contribution in [0.25, 0.3) is 0 Å². The van der Waals surface area contributed by atoms with Gasteiger partial charge in [-0.25, -0.2) is 0 Å². The van der Waals surface area contributed by atoms with Crippen molar-refractivity contribution in [3.8, 4) is 17.6 Å². The Morgan fingerprint density at radius 2 is 1.89 bits per heavy atom. The average Bonchev–Trinajstić information content (AvgIpc) is 2.41. The Bertz CT molecular complexity index is 492. The van der Waals surface area contributed by atoms with E-state index in [1.165, 1.54) is 0 Å². The van der Waals surface area contributed by atoms with Crippen molar-refractivity contribution in [3.63, 3.8) is 0 Å². The van der Waals surface area contributed by atoms with E-state index in [0.29, 0.717) is 6.54 Å². The number of rotatable bonds is 5. The Hall–Kier alpha value is -1.73. The van der Waals surface area contributed by atoms with E-state index in [9.17, 15) is 0 Å². The Balaban J connectivity index is 3.20. The molecule has 1 unspecified atom stereocenters. The van der Waals surface area contributed by atoms with E-state index in [1.807, 2.05) is 38.8 Å². The molecule has 0 saturated heterocycles. The van der Waals surface area contributed by atoms with Gasteiger partial charge in [0.15, 0.2) is 0 Å². The summed E-state index contributed by atoms with van der Waals surface area (Å²) in [7, 11) is 5.26. The van der Waals surface area contributed by atoms with E-state index in [1.54, 1.807) is 14.2 Å². The number of methoxy groups -OCH3 is 2. The van der Waals surface area contributed by atoms with Gasteiger partial charge in [-0.1, -0.05) is 0 Å². The molecule has 1 aromatic rings. The summed E-state index contributed by atoms with van der Waals surface area (Å²) >= 11 is 0. The summed E-state index contributed by atoms with van der Waals surface area (Å²) in [5, 5.41) is 8.96. The van der Waals surface area contributed by atoms with Gasteiger partial charge in [-0.05, 0) is 45.0 Å². The second-order valence-corrected chi connectivity index (χ2v) is 4.74. The third kappa shape index (κ3) is 3.18. The molecule has 0 amide bonds. The largest absolute Gasteiger partial charge is 0.496 e. The summed E-state index contributed by atoms with van der Waals surface area (Å²) in [6.45, 7) is 6.57. The molecule has 0 radical (unpaired) electrons. The molecule has 0 fully saturated rings. The van der Waals surface area contributed by atoms with Crippen LogP contribution in [0.2, 0.25) is 0 Å². The fourth-order valence-electron chi connectivity index (χ4n) is 2.05. The minimum absolute atomic E-state index is 0.141. The predicted octanol–water partition coefficient (Wildman–Crippen LogP) is 2.66. The number of hydrogen-bond donors (Lipinski definition) is 0. The molecule has 0 N–H and O–H groups in total. The van der Waals surface area contributed by atoms with Gasteiger partial charge >= 0.3 is 0 Å². The number of hydrogen-bond acceptors (Lipinski definition) is 4. The van der Waals surface area contributed by atoms with Crippen molar-refractivity contribution in [2.75, 3.05) is 21.3 Å². The Morgan fingerprint density at radius 3 is 2.37 bits per heavy atom. The maximum absolute atomic E-state index is 8.96. The maximum atomic E-state index is 8.96. The first kappa shape index (κ1) is 15.3. The van der Waals surface area contributed by atoms with Gasteiger partial charge in [-0.3, -0.25) is 4.90 Å². The van der Waals surface area contributed by atoms with Crippen LogP contribution in [0.3, 0.4) is 0 Å². The maximum Gasteiger partial charge on any atom is 0.126 e. The lowest BCUT2D eigenvalue weighted by atomic mass is 10.0. The first-order valence-electron chi connectivity index (χ1n) is 6.27. The van der Waals surface area contributed by atoms with Crippen LogP contribution in [0, 0.1) is 25.2 Å². The van der Waals surface area contributed by atoms with Gasteiger partial charge in [0.1, 0.15) is 11.5 Å². The van der Waals surface area contributed by atoms with Crippen LogP contribution in [-0.4, -0.2) is 32.2 Å². The standard InChI is InChI=1S/C15H22N2O2/c1-10(8-16)17(4)9-13-7-14(18-5)11(2)12(3)15(13)19-6/h7,10H,9H2,1-6H3. The molecule has 1 aromatic carbocycles. The molecule has 4 heteroatoms. The van der Waals surface area contributed by atoms with Gasteiger partial charge < -0.3 is 9.47 Å². The van der Waals surface area contributed by atoms with Gasteiger partial charge in [0, 0.05) is 12.1 Å². The van der Waals surface area contributed by atoms with Crippen molar-refractivity contribution in [2.45, 2.75) is 33.4 Å². The Morgan fingerprint density at radius 1 is 1.26 bits per heavy atom. The minimum Gasteiger partial charge on any atom is -0.496 e. The molecule has 19 heavy (non-hydrogen) atoms. The van der Waals surface area contributed by atoms with Crippen molar-refractivity contribution >= 4 is 0 Å². The van der Waals surface area contributed by atoms with Crippen LogP contribution < -0.4 is 9.47 Å². The SMILES string of the molecule is COc1cc(CN(C)C(C)C#N)c(OC)c(C)c1C. The lowest BCUT2D eigenvalue weighted by Crippen LogP contribution is -2.27. The van der Waals surface area contributed by atoms with Gasteiger partial charge in [-0.15, -0.1) is 0 Å². The first-order valence-corrected chi connectivity index (χ1v) is 6.27. The van der Waals surface area contributed by atoms with Crippen molar-refractivity contribution in [1.82, 2.24) is 4.90 Å². The van der Waals surface area contributed by atoms with E-state index in [2.05, 4.69) is 6.07 Å². The predicted molar refractivity (Wildman–Crippen MR) is 75.6 cm³/mol. The van der Waals surface area contributed by atoms with Crippen molar-refractivity contribution in [3.05, 3.63) is 22.8 Å². The lowest BCUT2D eigenvalue weighted by molar-refractivity contribution is 0.286. The monoisotopic (exact) mass is 262 g/mol. The summed E-state index contributed by atoms with van der Waals surface area (Å²) in [6, 6.07) is 4.08. The Kier molecular flexibility index (Phi) is 5.20. The van der Waals surface area contributed by atoms with Crippen molar-refractivity contribution in [1.29, 1.82) is 5.26 Å². The lowest BCUT2D eigenvalue weighted by Gasteiger charge is -2.22. The molecule has 104 valence electrons. The number of nitrogens with zero attached hydrogens (tertiary/aromatic N) is 2. The third-order valence-corrected chi connectivity index (χ3v) is 3.56. The smallest absolute Gasteiger partial charge is 0.126 e. The van der Waals surface area contributed by atoms with Crippen LogP contribution >= 0.6 is 0 Å². The molecule has 0 bridgehead atoms. The summed E-state index contributed by atoms with van der Waals surface area (Å²) < 4.78 is 10.9. The summed E-state index contributed by atoms with van der Waals surface area (Å²) in [4.78, 5) is 1.98. The molecular formula is C15H22N2O2. The molecule has 1 atom stereocenters. The van der Waals surface area contributed by atoms with Crippen molar-refractivity contribution < 1.29 is 9.47 Å². The molecule has 0 saturated carbocycles. The summed E-state index contributed by atoms with van der Waals surface area (Å²) in [5.74, 6) is 1.72.